The first-order chi connectivity index (χ1) is 14.3. The second-order valence-corrected chi connectivity index (χ2v) is 11.0. The minimum absolute atomic E-state index is 0.0149. The van der Waals surface area contributed by atoms with Gasteiger partial charge in [-0.2, -0.15) is 5.10 Å². The third-order valence-corrected chi connectivity index (χ3v) is 9.17. The van der Waals surface area contributed by atoms with Gasteiger partial charge in [-0.05, 0) is 86.9 Å². The molecule has 0 aliphatic heterocycles. The topological polar surface area (TPSA) is 59.5 Å². The molecule has 8 atom stereocenters. The largest absolute Gasteiger partial charge is 0.390 e. The van der Waals surface area contributed by atoms with Crippen LogP contribution in [-0.2, 0) is 11.3 Å². The highest BCUT2D eigenvalue weighted by atomic mass is 16.3. The number of allylic oxidation sites excluding steroid dienone is 2. The van der Waals surface area contributed by atoms with Gasteiger partial charge in [0.25, 0.3) is 0 Å². The van der Waals surface area contributed by atoms with E-state index in [0.717, 1.165) is 37.5 Å². The van der Waals surface area contributed by atoms with Crippen molar-refractivity contribution in [1.29, 1.82) is 0 Å². The molecule has 0 bridgehead atoms. The Morgan fingerprint density at radius 1 is 1.20 bits per heavy atom. The standard InChI is InChI=1S/C25H33N3O2/c1-24(30)10-8-18-16(12-24)4-5-20-19(18)9-11-25(2)21(20)6-7-22(25)23(29)15-28-14-17(26-3)13-27-28/h6-7,13-14,16,18-22,30H,4-5,8-12,15H2,1-2H3/t16-,18+,19-,20-,21+,22-,24-,25+/m1/s1. The van der Waals surface area contributed by atoms with Crippen LogP contribution < -0.4 is 0 Å². The number of carbonyl (C=O) groups is 1. The minimum atomic E-state index is -0.471. The van der Waals surface area contributed by atoms with E-state index in [1.807, 2.05) is 6.92 Å². The molecule has 4 aliphatic carbocycles. The highest BCUT2D eigenvalue weighted by Gasteiger charge is 2.57. The molecule has 1 N–H and O–H groups in total. The molecule has 0 aromatic carbocycles. The van der Waals surface area contributed by atoms with Crippen LogP contribution in [-0.4, -0.2) is 26.3 Å². The van der Waals surface area contributed by atoms with Crippen molar-refractivity contribution in [3.8, 4) is 0 Å². The Labute approximate surface area is 179 Å². The molecule has 5 heteroatoms. The van der Waals surface area contributed by atoms with E-state index >= 15 is 0 Å². The zero-order valence-corrected chi connectivity index (χ0v) is 18.1. The summed E-state index contributed by atoms with van der Waals surface area (Å²) in [7, 11) is 0. The summed E-state index contributed by atoms with van der Waals surface area (Å²) in [4.78, 5) is 16.6. The fourth-order valence-corrected chi connectivity index (χ4v) is 7.76. The molecule has 3 saturated carbocycles. The summed E-state index contributed by atoms with van der Waals surface area (Å²) in [5, 5.41) is 14.7. The van der Waals surface area contributed by atoms with Gasteiger partial charge in [0.15, 0.2) is 5.78 Å². The van der Waals surface area contributed by atoms with Gasteiger partial charge in [-0.1, -0.05) is 19.1 Å². The van der Waals surface area contributed by atoms with E-state index in [0.29, 0.717) is 23.4 Å². The molecule has 0 radical (unpaired) electrons. The normalized spacial score (nSPS) is 44.6. The second kappa shape index (κ2) is 7.05. The van der Waals surface area contributed by atoms with E-state index in [9.17, 15) is 9.90 Å². The molecule has 0 amide bonds. The summed E-state index contributed by atoms with van der Waals surface area (Å²) < 4.78 is 1.62. The van der Waals surface area contributed by atoms with Crippen LogP contribution in [0.25, 0.3) is 4.85 Å². The fourth-order valence-electron chi connectivity index (χ4n) is 7.76. The first-order valence-corrected chi connectivity index (χ1v) is 11.6. The molecule has 4 aliphatic rings. The zero-order chi connectivity index (χ0) is 21.1. The number of rotatable bonds is 3. The molecule has 0 saturated heterocycles. The van der Waals surface area contributed by atoms with E-state index in [1.165, 1.54) is 25.5 Å². The molecular weight excluding hydrogens is 374 g/mol. The summed E-state index contributed by atoms with van der Waals surface area (Å²) in [5.74, 6) is 3.53. The highest BCUT2D eigenvalue weighted by molar-refractivity contribution is 5.84. The Morgan fingerprint density at radius 3 is 2.77 bits per heavy atom. The van der Waals surface area contributed by atoms with E-state index in [1.54, 1.807) is 10.9 Å². The van der Waals surface area contributed by atoms with Gasteiger partial charge < -0.3 is 5.11 Å². The fraction of sp³-hybridized carbons (Fsp3) is 0.720. The van der Waals surface area contributed by atoms with Crippen molar-refractivity contribution in [2.75, 3.05) is 0 Å². The van der Waals surface area contributed by atoms with Gasteiger partial charge in [-0.25, -0.2) is 4.85 Å². The van der Waals surface area contributed by atoms with Gasteiger partial charge in [0.2, 0.25) is 5.69 Å². The highest BCUT2D eigenvalue weighted by Crippen LogP contribution is 2.62. The molecule has 0 spiro atoms. The number of fused-ring (bicyclic) bond motifs is 5. The van der Waals surface area contributed by atoms with Crippen LogP contribution in [0.15, 0.2) is 24.5 Å². The summed E-state index contributed by atoms with van der Waals surface area (Å²) in [6, 6.07) is 0. The van der Waals surface area contributed by atoms with Crippen LogP contribution in [0.5, 0.6) is 0 Å². The molecule has 1 aromatic heterocycles. The third kappa shape index (κ3) is 3.15. The Bertz CT molecular complexity index is 910. The first kappa shape index (κ1) is 20.0. The van der Waals surface area contributed by atoms with Gasteiger partial charge in [-0.15, -0.1) is 0 Å². The SMILES string of the molecule is [C-]#[N+]c1cnn(CC(=O)[C@H]2C=C[C@H]3[C@@H]4CC[C@@H]5C[C@](C)(O)CC[C@@H]5[C@H]4CC[C@]23C)c1. The van der Waals surface area contributed by atoms with E-state index in [4.69, 9.17) is 6.57 Å². The molecule has 0 unspecified atom stereocenters. The summed E-state index contributed by atoms with van der Waals surface area (Å²) >= 11 is 0. The van der Waals surface area contributed by atoms with Crippen LogP contribution in [0, 0.1) is 47.5 Å². The Hall–Kier alpha value is -1.93. The summed E-state index contributed by atoms with van der Waals surface area (Å²) in [5.41, 5.74) is 0.0281. The number of hydrogen-bond donors (Lipinski definition) is 1. The van der Waals surface area contributed by atoms with Gasteiger partial charge in [0.05, 0.1) is 24.9 Å². The lowest BCUT2D eigenvalue weighted by molar-refractivity contribution is -0.131. The van der Waals surface area contributed by atoms with Crippen molar-refractivity contribution in [2.24, 2.45) is 40.9 Å². The summed E-state index contributed by atoms with van der Waals surface area (Å²) in [6.45, 7) is 11.7. The number of Topliss-reactive ketones (excluding diaryl/α,β-unsaturated/α-hetero) is 1. The monoisotopic (exact) mass is 407 g/mol. The average Bonchev–Trinajstić information content (AvgIpc) is 3.30. The van der Waals surface area contributed by atoms with Gasteiger partial charge in [0.1, 0.15) is 0 Å². The number of aromatic nitrogens is 2. The zero-order valence-electron chi connectivity index (χ0n) is 18.1. The van der Waals surface area contributed by atoms with E-state index in [-0.39, 0.29) is 23.7 Å². The van der Waals surface area contributed by atoms with Crippen molar-refractivity contribution in [2.45, 2.75) is 70.9 Å². The molecule has 160 valence electrons. The van der Waals surface area contributed by atoms with Crippen molar-refractivity contribution < 1.29 is 9.90 Å². The maximum atomic E-state index is 13.2. The first-order valence-electron chi connectivity index (χ1n) is 11.6. The van der Waals surface area contributed by atoms with E-state index < -0.39 is 5.60 Å². The predicted octanol–water partition coefficient (Wildman–Crippen LogP) is 4.80. The van der Waals surface area contributed by atoms with Crippen LogP contribution in [0.3, 0.4) is 0 Å². The lowest BCUT2D eigenvalue weighted by Gasteiger charge is -2.56. The quantitative estimate of drug-likeness (QED) is 0.578. The van der Waals surface area contributed by atoms with Crippen molar-refractivity contribution in [3.63, 3.8) is 0 Å². The molecule has 1 aromatic rings. The van der Waals surface area contributed by atoms with Crippen molar-refractivity contribution in [3.05, 3.63) is 36.0 Å². The van der Waals surface area contributed by atoms with Crippen LogP contribution in [0.1, 0.15) is 58.8 Å². The van der Waals surface area contributed by atoms with Crippen molar-refractivity contribution in [1.82, 2.24) is 9.78 Å². The predicted molar refractivity (Wildman–Crippen MR) is 115 cm³/mol. The summed E-state index contributed by atoms with van der Waals surface area (Å²) in [6.07, 6.45) is 15.6. The Balaban J connectivity index is 1.31. The van der Waals surface area contributed by atoms with Crippen LogP contribution >= 0.6 is 0 Å². The van der Waals surface area contributed by atoms with Crippen LogP contribution in [0.2, 0.25) is 0 Å². The molecule has 5 rings (SSSR count). The molecule has 3 fully saturated rings. The number of carbonyl (C=O) groups excluding carboxylic acids is 1. The number of aliphatic hydroxyl groups is 1. The minimum Gasteiger partial charge on any atom is -0.390 e. The van der Waals surface area contributed by atoms with Crippen LogP contribution in [0.4, 0.5) is 5.69 Å². The Morgan fingerprint density at radius 2 is 2.00 bits per heavy atom. The molecule has 5 nitrogen and oxygen atoms in total. The number of ketones is 1. The maximum absolute atomic E-state index is 13.2. The molecule has 1 heterocycles. The average molecular weight is 408 g/mol. The third-order valence-electron chi connectivity index (χ3n) is 9.17. The van der Waals surface area contributed by atoms with Gasteiger partial charge in [-0.3, -0.25) is 9.48 Å². The second-order valence-electron chi connectivity index (χ2n) is 11.0. The Kier molecular flexibility index (Phi) is 4.70. The van der Waals surface area contributed by atoms with Gasteiger partial charge >= 0.3 is 0 Å². The maximum Gasteiger partial charge on any atom is 0.224 e. The smallest absolute Gasteiger partial charge is 0.224 e. The lowest BCUT2D eigenvalue weighted by Crippen LogP contribution is -2.51. The van der Waals surface area contributed by atoms with Crippen molar-refractivity contribution >= 4 is 11.5 Å². The number of hydrogen-bond acceptors (Lipinski definition) is 3. The van der Waals surface area contributed by atoms with E-state index in [2.05, 4.69) is 29.0 Å². The van der Waals surface area contributed by atoms with Gasteiger partial charge in [0, 0.05) is 12.1 Å². The lowest BCUT2D eigenvalue weighted by atomic mass is 9.48. The number of nitrogens with zero attached hydrogens (tertiary/aromatic N) is 3. The molecule has 30 heavy (non-hydrogen) atoms. The molecular formula is C25H33N3O2.